The Morgan fingerprint density at radius 3 is 2.36 bits per heavy atom. The van der Waals surface area contributed by atoms with Gasteiger partial charge in [-0.1, -0.05) is 55.5 Å². The number of pyridine rings is 1. The summed E-state index contributed by atoms with van der Waals surface area (Å²) in [5.74, 6) is 0.689. The van der Waals surface area contributed by atoms with Gasteiger partial charge < -0.3 is 9.64 Å². The molecule has 2 aromatic carbocycles. The van der Waals surface area contributed by atoms with E-state index in [4.69, 9.17) is 4.74 Å². The zero-order valence-corrected chi connectivity index (χ0v) is 16.3. The van der Waals surface area contributed by atoms with E-state index in [1.165, 1.54) is 5.56 Å². The lowest BCUT2D eigenvalue weighted by atomic mass is 10.2. The average molecular weight is 374 g/mol. The summed E-state index contributed by atoms with van der Waals surface area (Å²) in [6.45, 7) is 3.30. The van der Waals surface area contributed by atoms with Gasteiger partial charge in [-0.15, -0.1) is 0 Å². The Morgan fingerprint density at radius 2 is 1.68 bits per heavy atom. The molecule has 0 unspecified atom stereocenters. The van der Waals surface area contributed by atoms with Gasteiger partial charge in [0.05, 0.1) is 0 Å². The van der Waals surface area contributed by atoms with E-state index < -0.39 is 0 Å². The third-order valence-corrected chi connectivity index (χ3v) is 4.63. The highest BCUT2D eigenvalue weighted by molar-refractivity contribution is 5.77. The summed E-state index contributed by atoms with van der Waals surface area (Å²) in [6, 6.07) is 23.8. The van der Waals surface area contributed by atoms with E-state index in [1.807, 2.05) is 77.7 Å². The number of rotatable bonds is 9. The summed E-state index contributed by atoms with van der Waals surface area (Å²) < 4.78 is 5.73. The summed E-state index contributed by atoms with van der Waals surface area (Å²) in [4.78, 5) is 19.0. The highest BCUT2D eigenvalue weighted by Crippen LogP contribution is 2.13. The molecule has 0 atom stereocenters. The van der Waals surface area contributed by atoms with Crippen LogP contribution in [0.5, 0.6) is 5.75 Å². The molecule has 0 fully saturated rings. The van der Waals surface area contributed by atoms with Crippen molar-refractivity contribution in [1.29, 1.82) is 0 Å². The molecule has 0 aliphatic carbocycles. The second-order valence-corrected chi connectivity index (χ2v) is 6.66. The largest absolute Gasteiger partial charge is 0.484 e. The number of aryl methyl sites for hydroxylation is 1. The first-order valence-corrected chi connectivity index (χ1v) is 9.68. The average Bonchev–Trinajstić information content (AvgIpc) is 2.76. The van der Waals surface area contributed by atoms with Gasteiger partial charge in [0.2, 0.25) is 0 Å². The predicted octanol–water partition coefficient (Wildman–Crippen LogP) is 4.29. The van der Waals surface area contributed by atoms with Crippen molar-refractivity contribution < 1.29 is 9.53 Å². The van der Waals surface area contributed by atoms with E-state index in [2.05, 4.69) is 11.9 Å². The van der Waals surface area contributed by atoms with E-state index in [0.29, 0.717) is 19.5 Å². The van der Waals surface area contributed by atoms with Crippen LogP contribution in [0.2, 0.25) is 0 Å². The number of carbonyl (C=O) groups excluding carboxylic acids is 1. The third-order valence-electron chi connectivity index (χ3n) is 4.63. The van der Waals surface area contributed by atoms with Crippen molar-refractivity contribution in [3.8, 4) is 5.75 Å². The van der Waals surface area contributed by atoms with Crippen LogP contribution in [0, 0.1) is 0 Å². The molecule has 3 rings (SSSR count). The Hall–Kier alpha value is -3.14. The molecule has 0 N–H and O–H groups in total. The Balaban J connectivity index is 1.62. The molecule has 1 aromatic heterocycles. The van der Waals surface area contributed by atoms with Crippen LogP contribution in [-0.2, 0) is 24.2 Å². The van der Waals surface area contributed by atoms with Gasteiger partial charge >= 0.3 is 0 Å². The van der Waals surface area contributed by atoms with E-state index in [-0.39, 0.29) is 12.5 Å². The summed E-state index contributed by atoms with van der Waals surface area (Å²) in [6.07, 6.45) is 3.48. The van der Waals surface area contributed by atoms with Crippen LogP contribution in [-0.4, -0.2) is 28.9 Å². The molecule has 0 spiro atoms. The molecule has 4 heteroatoms. The lowest BCUT2D eigenvalue weighted by Gasteiger charge is -2.23. The second kappa shape index (κ2) is 10.3. The molecule has 0 saturated heterocycles. The Morgan fingerprint density at radius 1 is 0.929 bits per heavy atom. The van der Waals surface area contributed by atoms with Crippen LogP contribution in [0.3, 0.4) is 0 Å². The third kappa shape index (κ3) is 5.95. The van der Waals surface area contributed by atoms with Gasteiger partial charge in [-0.05, 0) is 41.8 Å². The number of amides is 1. The van der Waals surface area contributed by atoms with Crippen LogP contribution < -0.4 is 4.74 Å². The van der Waals surface area contributed by atoms with Crippen molar-refractivity contribution in [2.45, 2.75) is 26.3 Å². The van der Waals surface area contributed by atoms with Crippen molar-refractivity contribution in [3.05, 3.63) is 95.8 Å². The first-order valence-electron chi connectivity index (χ1n) is 9.68. The first kappa shape index (κ1) is 19.6. The zero-order chi connectivity index (χ0) is 19.6. The SMILES string of the molecule is CCc1ccc(OCC(=O)N(CCc2ccccn2)Cc2ccccc2)cc1. The molecule has 0 saturated carbocycles. The Bertz CT molecular complexity index is 849. The molecule has 0 aliphatic rings. The van der Waals surface area contributed by atoms with Crippen LogP contribution >= 0.6 is 0 Å². The van der Waals surface area contributed by atoms with Gasteiger partial charge in [-0.2, -0.15) is 0 Å². The van der Waals surface area contributed by atoms with Crippen molar-refractivity contribution in [3.63, 3.8) is 0 Å². The second-order valence-electron chi connectivity index (χ2n) is 6.66. The lowest BCUT2D eigenvalue weighted by molar-refractivity contribution is -0.134. The fourth-order valence-corrected chi connectivity index (χ4v) is 2.95. The van der Waals surface area contributed by atoms with Crippen LogP contribution in [0.1, 0.15) is 23.7 Å². The lowest BCUT2D eigenvalue weighted by Crippen LogP contribution is -2.36. The molecule has 0 bridgehead atoms. The maximum absolute atomic E-state index is 12.8. The number of ether oxygens (including phenoxy) is 1. The number of aromatic nitrogens is 1. The monoisotopic (exact) mass is 374 g/mol. The summed E-state index contributed by atoms with van der Waals surface area (Å²) in [7, 11) is 0. The van der Waals surface area contributed by atoms with Crippen molar-refractivity contribution in [2.24, 2.45) is 0 Å². The minimum Gasteiger partial charge on any atom is -0.484 e. The molecule has 0 aliphatic heterocycles. The van der Waals surface area contributed by atoms with Gasteiger partial charge in [0.25, 0.3) is 5.91 Å². The predicted molar refractivity (Wildman–Crippen MR) is 111 cm³/mol. The van der Waals surface area contributed by atoms with Gasteiger partial charge in [0.15, 0.2) is 6.61 Å². The fraction of sp³-hybridized carbons (Fsp3) is 0.250. The summed E-state index contributed by atoms with van der Waals surface area (Å²) in [5, 5.41) is 0. The maximum atomic E-state index is 12.8. The molecule has 3 aromatic rings. The maximum Gasteiger partial charge on any atom is 0.260 e. The quantitative estimate of drug-likeness (QED) is 0.561. The fourth-order valence-electron chi connectivity index (χ4n) is 2.95. The topological polar surface area (TPSA) is 42.4 Å². The van der Waals surface area contributed by atoms with Crippen molar-refractivity contribution in [1.82, 2.24) is 9.88 Å². The zero-order valence-electron chi connectivity index (χ0n) is 16.3. The Kier molecular flexibility index (Phi) is 7.19. The van der Waals surface area contributed by atoms with Crippen LogP contribution in [0.15, 0.2) is 79.0 Å². The Labute approximate surface area is 166 Å². The van der Waals surface area contributed by atoms with E-state index in [1.54, 1.807) is 6.20 Å². The molecule has 4 nitrogen and oxygen atoms in total. The first-order chi connectivity index (χ1) is 13.7. The van der Waals surface area contributed by atoms with Crippen molar-refractivity contribution >= 4 is 5.91 Å². The minimum absolute atomic E-state index is 0.0283. The number of nitrogens with zero attached hydrogens (tertiary/aromatic N) is 2. The highest BCUT2D eigenvalue weighted by Gasteiger charge is 2.15. The molecule has 1 heterocycles. The summed E-state index contributed by atoms with van der Waals surface area (Å²) >= 11 is 0. The molecule has 144 valence electrons. The smallest absolute Gasteiger partial charge is 0.260 e. The van der Waals surface area contributed by atoms with Gasteiger partial charge in [-0.3, -0.25) is 9.78 Å². The van der Waals surface area contributed by atoms with E-state index in [9.17, 15) is 4.79 Å². The van der Waals surface area contributed by atoms with E-state index >= 15 is 0 Å². The molecule has 1 amide bonds. The number of carbonyl (C=O) groups is 1. The van der Waals surface area contributed by atoms with Gasteiger partial charge in [0, 0.05) is 31.4 Å². The standard InChI is InChI=1S/C24H26N2O2/c1-2-20-11-13-23(14-12-20)28-19-24(27)26(18-21-8-4-3-5-9-21)17-15-22-10-6-7-16-25-22/h3-14,16H,2,15,17-19H2,1H3. The normalized spacial score (nSPS) is 10.5. The molecular formula is C24H26N2O2. The van der Waals surface area contributed by atoms with Gasteiger partial charge in [0.1, 0.15) is 5.75 Å². The number of hydrogen-bond acceptors (Lipinski definition) is 3. The summed E-state index contributed by atoms with van der Waals surface area (Å²) in [5.41, 5.74) is 3.33. The number of hydrogen-bond donors (Lipinski definition) is 0. The van der Waals surface area contributed by atoms with Crippen LogP contribution in [0.25, 0.3) is 0 Å². The molecular weight excluding hydrogens is 348 g/mol. The highest BCUT2D eigenvalue weighted by atomic mass is 16.5. The number of benzene rings is 2. The van der Waals surface area contributed by atoms with Crippen LogP contribution in [0.4, 0.5) is 0 Å². The molecule has 28 heavy (non-hydrogen) atoms. The van der Waals surface area contributed by atoms with Crippen molar-refractivity contribution in [2.75, 3.05) is 13.2 Å². The van der Waals surface area contributed by atoms with Gasteiger partial charge in [-0.25, -0.2) is 0 Å². The minimum atomic E-state index is -0.0284. The molecule has 0 radical (unpaired) electrons. The van der Waals surface area contributed by atoms with E-state index in [0.717, 1.165) is 23.4 Å².